The lowest BCUT2D eigenvalue weighted by atomic mass is 10.2. The zero-order valence-corrected chi connectivity index (χ0v) is 9.48. The zero-order chi connectivity index (χ0) is 10.5. The zero-order valence-electron chi connectivity index (χ0n) is 7.84. The summed E-state index contributed by atoms with van der Waals surface area (Å²) in [6.07, 6.45) is 1.25. The van der Waals surface area contributed by atoms with Gasteiger partial charge in [-0.1, -0.05) is 11.3 Å². The van der Waals surface area contributed by atoms with Crippen LogP contribution in [0.3, 0.4) is 0 Å². The number of nitrogens with zero attached hydrogens (tertiary/aromatic N) is 2. The highest BCUT2D eigenvalue weighted by molar-refractivity contribution is 7.13. The molecule has 6 heteroatoms. The van der Waals surface area contributed by atoms with Crippen LogP contribution in [-0.2, 0) is 11.2 Å². The van der Waals surface area contributed by atoms with Crippen LogP contribution in [0.25, 0.3) is 0 Å². The molecule has 0 fully saturated rings. The van der Waals surface area contributed by atoms with Gasteiger partial charge in [0.25, 0.3) is 0 Å². The van der Waals surface area contributed by atoms with Crippen LogP contribution in [0, 0.1) is 0 Å². The van der Waals surface area contributed by atoms with Gasteiger partial charge in [0.1, 0.15) is 5.51 Å². The molecule has 2 heterocycles. The predicted octanol–water partition coefficient (Wildman–Crippen LogP) is 2.17. The molecular weight excluding hydrogens is 230 g/mol. The molecule has 2 aromatic heterocycles. The Hall–Kier alpha value is -1.27. The molecule has 0 unspecified atom stereocenters. The average molecular weight is 239 g/mol. The van der Waals surface area contributed by atoms with E-state index in [1.807, 2.05) is 11.4 Å². The van der Waals surface area contributed by atoms with Crippen molar-refractivity contribution in [3.05, 3.63) is 27.9 Å². The highest BCUT2D eigenvalue weighted by atomic mass is 32.1. The van der Waals surface area contributed by atoms with Crippen molar-refractivity contribution in [1.82, 2.24) is 10.2 Å². The Balaban J connectivity index is 1.78. The molecule has 1 amide bonds. The summed E-state index contributed by atoms with van der Waals surface area (Å²) in [7, 11) is 0. The first-order valence-corrected chi connectivity index (χ1v) is 6.24. The fourth-order valence-corrected chi connectivity index (χ4v) is 2.27. The third-order valence-corrected chi connectivity index (χ3v) is 3.17. The van der Waals surface area contributed by atoms with E-state index in [-0.39, 0.29) is 5.91 Å². The molecule has 0 bridgehead atoms. The number of rotatable bonds is 4. The van der Waals surface area contributed by atoms with E-state index < -0.39 is 0 Å². The Morgan fingerprint density at radius 2 is 2.47 bits per heavy atom. The lowest BCUT2D eigenvalue weighted by Gasteiger charge is -1.99. The molecule has 15 heavy (non-hydrogen) atoms. The summed E-state index contributed by atoms with van der Waals surface area (Å²) >= 11 is 2.97. The molecule has 1 N–H and O–H groups in total. The molecule has 78 valence electrons. The van der Waals surface area contributed by atoms with Crippen LogP contribution >= 0.6 is 22.7 Å². The van der Waals surface area contributed by atoms with Gasteiger partial charge in [0.15, 0.2) is 0 Å². The monoisotopic (exact) mass is 239 g/mol. The second kappa shape index (κ2) is 4.99. The van der Waals surface area contributed by atoms with Crippen LogP contribution < -0.4 is 5.32 Å². The maximum Gasteiger partial charge on any atom is 0.226 e. The van der Waals surface area contributed by atoms with Crippen molar-refractivity contribution in [3.63, 3.8) is 0 Å². The maximum absolute atomic E-state index is 11.4. The summed E-state index contributed by atoms with van der Waals surface area (Å²) in [6.45, 7) is 0. The Morgan fingerprint density at radius 1 is 1.53 bits per heavy atom. The van der Waals surface area contributed by atoms with E-state index in [0.717, 1.165) is 6.42 Å². The van der Waals surface area contributed by atoms with Crippen LogP contribution in [0.5, 0.6) is 0 Å². The quantitative estimate of drug-likeness (QED) is 0.889. The first-order chi connectivity index (χ1) is 7.34. The van der Waals surface area contributed by atoms with Crippen molar-refractivity contribution in [2.75, 3.05) is 5.32 Å². The molecule has 0 aliphatic heterocycles. The fourth-order valence-electron chi connectivity index (χ4n) is 1.10. The number of anilines is 1. The number of hydrogen-bond acceptors (Lipinski definition) is 5. The van der Waals surface area contributed by atoms with Crippen molar-refractivity contribution >= 4 is 33.7 Å². The molecule has 0 spiro atoms. The van der Waals surface area contributed by atoms with Crippen molar-refractivity contribution in [2.45, 2.75) is 12.8 Å². The van der Waals surface area contributed by atoms with Crippen LogP contribution in [0.2, 0.25) is 0 Å². The van der Waals surface area contributed by atoms with E-state index in [0.29, 0.717) is 11.6 Å². The molecule has 0 saturated heterocycles. The highest BCUT2D eigenvalue weighted by Crippen LogP contribution is 2.11. The van der Waals surface area contributed by atoms with Crippen LogP contribution in [0.1, 0.15) is 12.0 Å². The third kappa shape index (κ3) is 3.10. The van der Waals surface area contributed by atoms with E-state index in [1.165, 1.54) is 16.9 Å². The van der Waals surface area contributed by atoms with Gasteiger partial charge in [0, 0.05) is 6.42 Å². The van der Waals surface area contributed by atoms with Crippen molar-refractivity contribution in [1.29, 1.82) is 0 Å². The molecule has 4 nitrogen and oxygen atoms in total. The molecule has 0 saturated carbocycles. The topological polar surface area (TPSA) is 54.9 Å². The summed E-state index contributed by atoms with van der Waals surface area (Å²) < 4.78 is 0. The number of aromatic nitrogens is 2. The van der Waals surface area contributed by atoms with Gasteiger partial charge in [0.2, 0.25) is 11.0 Å². The maximum atomic E-state index is 11.4. The number of hydrogen-bond donors (Lipinski definition) is 1. The molecule has 0 aromatic carbocycles. The Morgan fingerprint density at radius 3 is 3.13 bits per heavy atom. The van der Waals surface area contributed by atoms with E-state index in [1.54, 1.807) is 16.8 Å². The van der Waals surface area contributed by atoms with E-state index in [2.05, 4.69) is 20.9 Å². The summed E-state index contributed by atoms with van der Waals surface area (Å²) in [5.41, 5.74) is 2.79. The van der Waals surface area contributed by atoms with E-state index >= 15 is 0 Å². The van der Waals surface area contributed by atoms with Gasteiger partial charge >= 0.3 is 0 Å². The second-order valence-electron chi connectivity index (χ2n) is 2.92. The number of carbonyl (C=O) groups is 1. The average Bonchev–Trinajstić information content (AvgIpc) is 2.86. The Labute approximate surface area is 95.0 Å². The second-order valence-corrected chi connectivity index (χ2v) is 4.54. The first kappa shape index (κ1) is 10.3. The lowest BCUT2D eigenvalue weighted by molar-refractivity contribution is -0.116. The normalized spacial score (nSPS) is 10.1. The van der Waals surface area contributed by atoms with Gasteiger partial charge in [0.05, 0.1) is 0 Å². The summed E-state index contributed by atoms with van der Waals surface area (Å²) in [5, 5.41) is 14.7. The van der Waals surface area contributed by atoms with Crippen LogP contribution in [-0.4, -0.2) is 16.1 Å². The van der Waals surface area contributed by atoms with Gasteiger partial charge in [-0.2, -0.15) is 11.3 Å². The largest absolute Gasteiger partial charge is 0.301 e. The van der Waals surface area contributed by atoms with Gasteiger partial charge in [-0.25, -0.2) is 0 Å². The minimum absolute atomic E-state index is 0.0158. The lowest BCUT2D eigenvalue weighted by Crippen LogP contribution is -2.11. The van der Waals surface area contributed by atoms with E-state index in [4.69, 9.17) is 0 Å². The standard InChI is InChI=1S/C9H9N3OS2/c13-8(11-9-12-10-6-15-9)2-1-7-3-4-14-5-7/h3-6H,1-2H2,(H,11,12,13). The van der Waals surface area contributed by atoms with Crippen LogP contribution in [0.4, 0.5) is 5.13 Å². The molecule has 0 atom stereocenters. The molecule has 2 rings (SSSR count). The molecule has 0 aliphatic carbocycles. The fraction of sp³-hybridized carbons (Fsp3) is 0.222. The number of amides is 1. The Bertz CT molecular complexity index is 411. The number of nitrogens with one attached hydrogen (secondary N) is 1. The summed E-state index contributed by atoms with van der Waals surface area (Å²) in [5.74, 6) is -0.0158. The highest BCUT2D eigenvalue weighted by Gasteiger charge is 2.04. The number of carbonyl (C=O) groups excluding carboxylic acids is 1. The predicted molar refractivity (Wildman–Crippen MR) is 61.2 cm³/mol. The number of aryl methyl sites for hydroxylation is 1. The van der Waals surface area contributed by atoms with E-state index in [9.17, 15) is 4.79 Å². The first-order valence-electron chi connectivity index (χ1n) is 4.41. The summed E-state index contributed by atoms with van der Waals surface area (Å²) in [4.78, 5) is 11.4. The smallest absolute Gasteiger partial charge is 0.226 e. The van der Waals surface area contributed by atoms with Crippen molar-refractivity contribution in [3.8, 4) is 0 Å². The van der Waals surface area contributed by atoms with Gasteiger partial charge < -0.3 is 5.32 Å². The molecule has 0 radical (unpaired) electrons. The van der Waals surface area contributed by atoms with Gasteiger partial charge in [-0.15, -0.1) is 10.2 Å². The van der Waals surface area contributed by atoms with Gasteiger partial charge in [-0.3, -0.25) is 4.79 Å². The Kier molecular flexibility index (Phi) is 3.41. The third-order valence-electron chi connectivity index (χ3n) is 1.83. The minimum atomic E-state index is -0.0158. The van der Waals surface area contributed by atoms with Crippen LogP contribution in [0.15, 0.2) is 22.3 Å². The van der Waals surface area contributed by atoms with Crippen molar-refractivity contribution < 1.29 is 4.79 Å². The minimum Gasteiger partial charge on any atom is -0.301 e. The van der Waals surface area contributed by atoms with Crippen molar-refractivity contribution in [2.24, 2.45) is 0 Å². The molecular formula is C9H9N3OS2. The molecule has 2 aromatic rings. The number of thiophene rings is 1. The SMILES string of the molecule is O=C(CCc1ccsc1)Nc1nncs1. The molecule has 0 aliphatic rings. The summed E-state index contributed by atoms with van der Waals surface area (Å²) in [6, 6.07) is 2.03. The van der Waals surface area contributed by atoms with Gasteiger partial charge in [-0.05, 0) is 28.8 Å².